The molecule has 3 amide bonds. The number of hydrogen-bond donors (Lipinski definition) is 6. The SMILES string of the molecule is CSCCC(N)C(=O)NC(C)C(=O)NC(C(=O)NC(C(=O)O)C(C)C)C(C)O. The molecule has 10 nitrogen and oxygen atoms in total. The number of amides is 3. The largest absolute Gasteiger partial charge is 0.480 e. The molecule has 0 rings (SSSR count). The van der Waals surface area contributed by atoms with Gasteiger partial charge < -0.3 is 31.9 Å². The summed E-state index contributed by atoms with van der Waals surface area (Å²) < 4.78 is 0. The highest BCUT2D eigenvalue weighted by Gasteiger charge is 2.32. The lowest BCUT2D eigenvalue weighted by Gasteiger charge is -2.26. The first-order valence-corrected chi connectivity index (χ1v) is 10.4. The summed E-state index contributed by atoms with van der Waals surface area (Å²) in [5.41, 5.74) is 5.74. The molecule has 0 heterocycles. The maximum absolute atomic E-state index is 12.4. The van der Waals surface area contributed by atoms with Gasteiger partial charge in [-0.15, -0.1) is 0 Å². The minimum Gasteiger partial charge on any atom is -0.480 e. The number of carboxylic acid groups (broad SMARTS) is 1. The summed E-state index contributed by atoms with van der Waals surface area (Å²) in [6.07, 6.45) is 1.05. The van der Waals surface area contributed by atoms with E-state index in [1.54, 1.807) is 25.6 Å². The number of thioether (sulfide) groups is 1. The molecule has 0 aromatic rings. The molecular formula is C17H32N4O6S. The van der Waals surface area contributed by atoms with E-state index >= 15 is 0 Å². The fraction of sp³-hybridized carbons (Fsp3) is 0.765. The number of aliphatic carboxylic acids is 1. The minimum absolute atomic E-state index is 0.396. The van der Waals surface area contributed by atoms with Gasteiger partial charge >= 0.3 is 5.97 Å². The summed E-state index contributed by atoms with van der Waals surface area (Å²) in [5.74, 6) is -2.96. The molecule has 0 aromatic heterocycles. The third-order valence-electron chi connectivity index (χ3n) is 4.01. The minimum atomic E-state index is -1.38. The van der Waals surface area contributed by atoms with Gasteiger partial charge in [-0.3, -0.25) is 14.4 Å². The van der Waals surface area contributed by atoms with Crippen molar-refractivity contribution in [2.24, 2.45) is 11.7 Å². The quantitative estimate of drug-likeness (QED) is 0.225. The van der Waals surface area contributed by atoms with Gasteiger partial charge in [-0.25, -0.2) is 4.79 Å². The van der Waals surface area contributed by atoms with Crippen molar-refractivity contribution in [1.82, 2.24) is 16.0 Å². The van der Waals surface area contributed by atoms with Crippen LogP contribution < -0.4 is 21.7 Å². The molecule has 162 valence electrons. The third kappa shape index (κ3) is 8.89. The predicted molar refractivity (Wildman–Crippen MR) is 107 cm³/mol. The molecule has 11 heteroatoms. The van der Waals surface area contributed by atoms with Crippen molar-refractivity contribution >= 4 is 35.5 Å². The van der Waals surface area contributed by atoms with Crippen LogP contribution in [0.3, 0.4) is 0 Å². The molecule has 0 saturated carbocycles. The number of nitrogens with two attached hydrogens (primary N) is 1. The molecule has 0 radical (unpaired) electrons. The lowest BCUT2D eigenvalue weighted by atomic mass is 10.0. The van der Waals surface area contributed by atoms with Gasteiger partial charge in [0.25, 0.3) is 0 Å². The Labute approximate surface area is 169 Å². The highest BCUT2D eigenvalue weighted by molar-refractivity contribution is 7.98. The summed E-state index contributed by atoms with van der Waals surface area (Å²) in [5, 5.41) is 26.1. The second-order valence-corrected chi connectivity index (χ2v) is 7.90. The summed E-state index contributed by atoms with van der Waals surface area (Å²) in [4.78, 5) is 47.9. The summed E-state index contributed by atoms with van der Waals surface area (Å²) >= 11 is 1.54. The van der Waals surface area contributed by atoms with Crippen LogP contribution in [0.4, 0.5) is 0 Å². The molecule has 0 aliphatic carbocycles. The first-order chi connectivity index (χ1) is 12.9. The van der Waals surface area contributed by atoms with Gasteiger partial charge in [0.1, 0.15) is 18.1 Å². The van der Waals surface area contributed by atoms with Crippen molar-refractivity contribution in [1.29, 1.82) is 0 Å². The Hall–Kier alpha value is -1.85. The topological polar surface area (TPSA) is 171 Å². The molecule has 0 aliphatic heterocycles. The van der Waals surface area contributed by atoms with Crippen molar-refractivity contribution in [3.63, 3.8) is 0 Å². The van der Waals surface area contributed by atoms with Crippen LogP contribution in [0.2, 0.25) is 0 Å². The van der Waals surface area contributed by atoms with Gasteiger partial charge in [-0.2, -0.15) is 11.8 Å². The van der Waals surface area contributed by atoms with Crippen LogP contribution in [0.1, 0.15) is 34.1 Å². The smallest absolute Gasteiger partial charge is 0.326 e. The summed E-state index contributed by atoms with van der Waals surface area (Å²) in [6, 6.07) is -4.31. The average Bonchev–Trinajstić information content (AvgIpc) is 2.60. The number of aliphatic hydroxyl groups excluding tert-OH is 1. The highest BCUT2D eigenvalue weighted by Crippen LogP contribution is 2.04. The number of aliphatic hydroxyl groups is 1. The second kappa shape index (κ2) is 12.6. The van der Waals surface area contributed by atoms with Crippen LogP contribution >= 0.6 is 11.8 Å². The molecule has 5 unspecified atom stereocenters. The number of carbonyl (C=O) groups excluding carboxylic acids is 3. The van der Waals surface area contributed by atoms with E-state index in [0.717, 1.165) is 0 Å². The normalized spacial score (nSPS) is 16.4. The molecule has 28 heavy (non-hydrogen) atoms. The Morgan fingerprint density at radius 1 is 0.929 bits per heavy atom. The van der Waals surface area contributed by atoms with Crippen LogP contribution in [0.15, 0.2) is 0 Å². The van der Waals surface area contributed by atoms with E-state index in [4.69, 9.17) is 5.73 Å². The number of rotatable bonds is 12. The molecule has 0 aromatic carbocycles. The Balaban J connectivity index is 4.94. The van der Waals surface area contributed by atoms with Crippen molar-refractivity contribution in [2.45, 2.75) is 64.4 Å². The van der Waals surface area contributed by atoms with Crippen LogP contribution in [0, 0.1) is 5.92 Å². The number of carboxylic acids is 1. The molecule has 0 bridgehead atoms. The Morgan fingerprint density at radius 3 is 1.89 bits per heavy atom. The summed E-state index contributed by atoms with van der Waals surface area (Å²) in [7, 11) is 0. The molecule has 0 saturated heterocycles. The first-order valence-electron chi connectivity index (χ1n) is 8.98. The lowest BCUT2D eigenvalue weighted by molar-refractivity contribution is -0.144. The molecule has 7 N–H and O–H groups in total. The number of carbonyl (C=O) groups is 4. The Bertz CT molecular complexity index is 558. The van der Waals surface area contributed by atoms with Gasteiger partial charge in [-0.05, 0) is 38.2 Å². The predicted octanol–water partition coefficient (Wildman–Crippen LogP) is -1.34. The van der Waals surface area contributed by atoms with E-state index in [1.165, 1.54) is 13.8 Å². The van der Waals surface area contributed by atoms with Gasteiger partial charge in [0, 0.05) is 0 Å². The van der Waals surface area contributed by atoms with E-state index in [1.807, 2.05) is 6.26 Å². The van der Waals surface area contributed by atoms with Crippen molar-refractivity contribution in [3.8, 4) is 0 Å². The van der Waals surface area contributed by atoms with E-state index in [2.05, 4.69) is 16.0 Å². The summed E-state index contributed by atoms with van der Waals surface area (Å²) in [6.45, 7) is 5.94. The van der Waals surface area contributed by atoms with Gasteiger partial charge in [0.05, 0.1) is 12.1 Å². The van der Waals surface area contributed by atoms with E-state index in [0.29, 0.717) is 12.2 Å². The van der Waals surface area contributed by atoms with Crippen LogP contribution in [0.5, 0.6) is 0 Å². The number of hydrogen-bond acceptors (Lipinski definition) is 7. The fourth-order valence-electron chi connectivity index (χ4n) is 2.20. The fourth-order valence-corrected chi connectivity index (χ4v) is 2.69. The van der Waals surface area contributed by atoms with Crippen molar-refractivity contribution in [2.75, 3.05) is 12.0 Å². The number of nitrogens with one attached hydrogen (secondary N) is 3. The third-order valence-corrected chi connectivity index (χ3v) is 4.66. The van der Waals surface area contributed by atoms with E-state index < -0.39 is 59.9 Å². The van der Waals surface area contributed by atoms with Crippen molar-refractivity contribution < 1.29 is 29.4 Å². The zero-order valence-corrected chi connectivity index (χ0v) is 17.7. The van der Waals surface area contributed by atoms with Gasteiger partial charge in [-0.1, -0.05) is 13.8 Å². The standard InChI is InChI=1S/C17H32N4O6S/c1-8(2)12(17(26)27)20-16(25)13(10(4)22)21-14(23)9(3)19-15(24)11(18)6-7-28-5/h8-13,22H,6-7,18H2,1-5H3,(H,19,24)(H,20,25)(H,21,23)(H,26,27). The molecule has 0 fully saturated rings. The lowest BCUT2D eigenvalue weighted by Crippen LogP contribution is -2.59. The highest BCUT2D eigenvalue weighted by atomic mass is 32.2. The maximum atomic E-state index is 12.4. The van der Waals surface area contributed by atoms with E-state index in [9.17, 15) is 29.4 Å². The maximum Gasteiger partial charge on any atom is 0.326 e. The van der Waals surface area contributed by atoms with Gasteiger partial charge in [0.15, 0.2) is 0 Å². The zero-order valence-electron chi connectivity index (χ0n) is 16.9. The van der Waals surface area contributed by atoms with Crippen LogP contribution in [-0.2, 0) is 19.2 Å². The molecular weight excluding hydrogens is 388 g/mol. The van der Waals surface area contributed by atoms with Crippen LogP contribution in [0.25, 0.3) is 0 Å². The molecule has 0 aliphatic rings. The monoisotopic (exact) mass is 420 g/mol. The van der Waals surface area contributed by atoms with Gasteiger partial charge in [0.2, 0.25) is 17.7 Å². The molecule has 0 spiro atoms. The first kappa shape index (κ1) is 26.1. The van der Waals surface area contributed by atoms with Crippen molar-refractivity contribution in [3.05, 3.63) is 0 Å². The molecule has 5 atom stereocenters. The zero-order chi connectivity index (χ0) is 22.0. The average molecular weight is 421 g/mol. The Morgan fingerprint density at radius 2 is 1.46 bits per heavy atom. The van der Waals surface area contributed by atoms with Crippen LogP contribution in [-0.4, -0.2) is 76.2 Å². The Kier molecular flexibility index (Phi) is 11.7. The second-order valence-electron chi connectivity index (χ2n) is 6.91. The van der Waals surface area contributed by atoms with E-state index in [-0.39, 0.29) is 0 Å².